The second-order valence-electron chi connectivity index (χ2n) is 9.50. The summed E-state index contributed by atoms with van der Waals surface area (Å²) in [6, 6.07) is 9.38. The highest BCUT2D eigenvalue weighted by Gasteiger charge is 2.70. The van der Waals surface area contributed by atoms with E-state index < -0.39 is 34.7 Å². The van der Waals surface area contributed by atoms with E-state index in [9.17, 15) is 14.4 Å². The molecule has 3 rings (SSSR count). The lowest BCUT2D eigenvalue weighted by Crippen LogP contribution is -2.54. The number of carbonyl (C=O) groups excluding carboxylic acids is 3. The van der Waals surface area contributed by atoms with Gasteiger partial charge in [-0.3, -0.25) is 9.59 Å². The van der Waals surface area contributed by atoms with Crippen molar-refractivity contribution in [2.75, 3.05) is 0 Å². The second-order valence-corrected chi connectivity index (χ2v) is 9.50. The summed E-state index contributed by atoms with van der Waals surface area (Å²) in [7, 11) is 0. The van der Waals surface area contributed by atoms with E-state index >= 15 is 0 Å². The van der Waals surface area contributed by atoms with Crippen LogP contribution in [0.25, 0.3) is 0 Å². The van der Waals surface area contributed by atoms with Gasteiger partial charge in [-0.05, 0) is 51.7 Å². The van der Waals surface area contributed by atoms with E-state index in [-0.39, 0.29) is 18.8 Å². The quantitative estimate of drug-likeness (QED) is 0.382. The number of carbonyl (C=O) groups is 3. The Bertz CT molecular complexity index is 881. The van der Waals surface area contributed by atoms with Crippen LogP contribution in [-0.2, 0) is 35.2 Å². The number of Topliss-reactive ketones (excluding diaryl/α,β-unsaturated/α-hetero) is 1. The van der Waals surface area contributed by atoms with Crippen LogP contribution in [-0.4, -0.2) is 34.5 Å². The molecule has 0 aromatic heterocycles. The summed E-state index contributed by atoms with van der Waals surface area (Å²) >= 11 is 0. The molecule has 2 bridgehead atoms. The van der Waals surface area contributed by atoms with Crippen molar-refractivity contribution < 1.29 is 28.6 Å². The number of unbranched alkanes of at least 4 members (excludes halogenated alkanes) is 1. The third-order valence-electron chi connectivity index (χ3n) is 5.75. The first-order valence-electron chi connectivity index (χ1n) is 10.9. The standard InChI is InChI=1S/C25H32O6/c1-6-7-13-18-20(21(27)29-16-17-11-9-8-10-12-17)24(5)15-14-19(26)25(18,31-24)22(28)30-23(2,3)4/h8-13,20H,6-7,14-16H2,1-5H3/b18-13+/t20-,24+,25+/m1/s1. The van der Waals surface area contributed by atoms with Crippen molar-refractivity contribution in [1.29, 1.82) is 0 Å². The fraction of sp³-hybridized carbons (Fsp3) is 0.560. The molecule has 6 nitrogen and oxygen atoms in total. The van der Waals surface area contributed by atoms with Gasteiger partial charge >= 0.3 is 11.9 Å². The van der Waals surface area contributed by atoms with Crippen molar-refractivity contribution in [2.24, 2.45) is 5.92 Å². The Balaban J connectivity index is 1.99. The highest BCUT2D eigenvalue weighted by molar-refractivity contribution is 6.13. The van der Waals surface area contributed by atoms with Crippen molar-refractivity contribution in [2.45, 2.75) is 83.7 Å². The van der Waals surface area contributed by atoms with Crippen LogP contribution in [0.4, 0.5) is 0 Å². The van der Waals surface area contributed by atoms with Gasteiger partial charge in [-0.2, -0.15) is 0 Å². The topological polar surface area (TPSA) is 78.9 Å². The lowest BCUT2D eigenvalue weighted by Gasteiger charge is -2.37. The highest BCUT2D eigenvalue weighted by atomic mass is 16.6. The molecule has 2 saturated heterocycles. The SMILES string of the molecule is CCC/C=C1\[C@H](C(=O)OCc2ccccc2)[C@]2(C)CCC(=O)[C@@]1(C(=O)OC(C)(C)C)O2. The summed E-state index contributed by atoms with van der Waals surface area (Å²) in [5, 5.41) is 0. The molecular formula is C25H32O6. The smallest absolute Gasteiger partial charge is 0.351 e. The Morgan fingerprint density at radius 2 is 1.90 bits per heavy atom. The van der Waals surface area contributed by atoms with Gasteiger partial charge in [0.1, 0.15) is 18.1 Å². The van der Waals surface area contributed by atoms with Gasteiger partial charge in [0.25, 0.3) is 0 Å². The molecule has 1 aromatic carbocycles. The van der Waals surface area contributed by atoms with Gasteiger partial charge in [-0.1, -0.05) is 49.8 Å². The van der Waals surface area contributed by atoms with Crippen molar-refractivity contribution in [3.63, 3.8) is 0 Å². The minimum absolute atomic E-state index is 0.112. The minimum atomic E-state index is -1.88. The molecule has 0 aliphatic carbocycles. The molecule has 2 aliphatic heterocycles. The van der Waals surface area contributed by atoms with E-state index in [1.165, 1.54) is 0 Å². The van der Waals surface area contributed by atoms with E-state index in [0.717, 1.165) is 12.0 Å². The number of ketones is 1. The zero-order valence-electron chi connectivity index (χ0n) is 19.0. The fourth-order valence-electron chi connectivity index (χ4n) is 4.32. The second kappa shape index (κ2) is 8.58. The van der Waals surface area contributed by atoms with Gasteiger partial charge in [-0.25, -0.2) is 4.79 Å². The Morgan fingerprint density at radius 1 is 1.23 bits per heavy atom. The Hall–Kier alpha value is -2.47. The average Bonchev–Trinajstić information content (AvgIpc) is 2.93. The zero-order chi connectivity index (χ0) is 22.9. The van der Waals surface area contributed by atoms with Crippen LogP contribution in [0.15, 0.2) is 42.0 Å². The van der Waals surface area contributed by atoms with Crippen LogP contribution in [0.3, 0.4) is 0 Å². The van der Waals surface area contributed by atoms with Crippen molar-refractivity contribution in [3.8, 4) is 0 Å². The molecule has 1 aromatic rings. The summed E-state index contributed by atoms with van der Waals surface area (Å²) in [4.78, 5) is 39.7. The maximum Gasteiger partial charge on any atom is 0.351 e. The number of fused-ring (bicyclic) bond motifs is 2. The van der Waals surface area contributed by atoms with Crippen LogP contribution in [0.2, 0.25) is 0 Å². The lowest BCUT2D eigenvalue weighted by atomic mass is 9.80. The van der Waals surface area contributed by atoms with Crippen LogP contribution >= 0.6 is 0 Å². The molecule has 3 atom stereocenters. The third-order valence-corrected chi connectivity index (χ3v) is 5.75. The molecule has 0 N–H and O–H groups in total. The average molecular weight is 429 g/mol. The molecule has 168 valence electrons. The molecule has 0 amide bonds. The number of benzene rings is 1. The van der Waals surface area contributed by atoms with E-state index in [2.05, 4.69) is 0 Å². The van der Waals surface area contributed by atoms with Crippen LogP contribution in [0.5, 0.6) is 0 Å². The predicted molar refractivity (Wildman–Crippen MR) is 115 cm³/mol. The number of ether oxygens (including phenoxy) is 3. The van der Waals surface area contributed by atoms with Gasteiger partial charge in [0.2, 0.25) is 5.60 Å². The highest BCUT2D eigenvalue weighted by Crippen LogP contribution is 2.54. The summed E-state index contributed by atoms with van der Waals surface area (Å²) < 4.78 is 17.4. The van der Waals surface area contributed by atoms with Crippen molar-refractivity contribution in [1.82, 2.24) is 0 Å². The fourth-order valence-corrected chi connectivity index (χ4v) is 4.32. The van der Waals surface area contributed by atoms with Crippen LogP contribution in [0.1, 0.15) is 65.9 Å². The molecular weight excluding hydrogens is 396 g/mol. The van der Waals surface area contributed by atoms with Gasteiger partial charge in [0.15, 0.2) is 5.78 Å². The van der Waals surface area contributed by atoms with E-state index in [4.69, 9.17) is 14.2 Å². The summed E-state index contributed by atoms with van der Waals surface area (Å²) in [5.41, 5.74) is -2.47. The zero-order valence-corrected chi connectivity index (χ0v) is 19.0. The molecule has 0 saturated carbocycles. The Labute approximate surface area is 183 Å². The Kier molecular flexibility index (Phi) is 6.42. The first-order valence-corrected chi connectivity index (χ1v) is 10.9. The van der Waals surface area contributed by atoms with Gasteiger partial charge in [-0.15, -0.1) is 0 Å². The summed E-state index contributed by atoms with van der Waals surface area (Å²) in [5.74, 6) is -2.45. The van der Waals surface area contributed by atoms with Crippen molar-refractivity contribution in [3.05, 3.63) is 47.5 Å². The summed E-state index contributed by atoms with van der Waals surface area (Å²) in [6.07, 6.45) is 3.68. The number of allylic oxidation sites excluding steroid dienone is 1. The van der Waals surface area contributed by atoms with Gasteiger partial charge in [0.05, 0.1) is 5.60 Å². The van der Waals surface area contributed by atoms with Crippen LogP contribution < -0.4 is 0 Å². The molecule has 0 radical (unpaired) electrons. The van der Waals surface area contributed by atoms with Crippen LogP contribution in [0, 0.1) is 5.92 Å². The first kappa shape index (κ1) is 23.2. The minimum Gasteiger partial charge on any atom is -0.460 e. The largest absolute Gasteiger partial charge is 0.460 e. The maximum absolute atomic E-state index is 13.3. The normalized spacial score (nSPS) is 29.1. The third kappa shape index (κ3) is 4.45. The van der Waals surface area contributed by atoms with E-state index in [0.29, 0.717) is 18.4 Å². The monoisotopic (exact) mass is 428 g/mol. The van der Waals surface area contributed by atoms with Gasteiger partial charge < -0.3 is 14.2 Å². The number of esters is 2. The number of rotatable bonds is 6. The van der Waals surface area contributed by atoms with Crippen molar-refractivity contribution >= 4 is 17.7 Å². The predicted octanol–water partition coefficient (Wildman–Crippen LogP) is 4.30. The number of hydrogen-bond acceptors (Lipinski definition) is 6. The molecule has 0 unspecified atom stereocenters. The first-order chi connectivity index (χ1) is 14.5. The summed E-state index contributed by atoms with van der Waals surface area (Å²) in [6.45, 7) is 9.10. The molecule has 6 heteroatoms. The molecule has 2 fully saturated rings. The Morgan fingerprint density at radius 3 is 2.52 bits per heavy atom. The molecule has 2 heterocycles. The maximum atomic E-state index is 13.3. The lowest BCUT2D eigenvalue weighted by molar-refractivity contribution is -0.198. The van der Waals surface area contributed by atoms with E-state index in [1.54, 1.807) is 33.8 Å². The van der Waals surface area contributed by atoms with Gasteiger partial charge in [0, 0.05) is 6.42 Å². The molecule has 2 aliphatic rings. The molecule has 0 spiro atoms. The molecule has 31 heavy (non-hydrogen) atoms. The number of hydrogen-bond donors (Lipinski definition) is 0. The van der Waals surface area contributed by atoms with E-state index in [1.807, 2.05) is 37.3 Å².